The quantitative estimate of drug-likeness (QED) is 0.632. The topological polar surface area (TPSA) is 53.6 Å². The molecule has 5 heteroatoms. The van der Waals surface area contributed by atoms with Crippen molar-refractivity contribution in [2.75, 3.05) is 33.4 Å². The molecule has 0 radical (unpaired) electrons. The Labute approximate surface area is 129 Å². The number of hydrogen-bond acceptors (Lipinski definition) is 4. The van der Waals surface area contributed by atoms with E-state index in [9.17, 15) is 4.79 Å². The zero-order valence-electron chi connectivity index (χ0n) is 14.2. The number of nitrogens with zero attached hydrogens (tertiary/aromatic N) is 1. The average Bonchev–Trinajstić information content (AvgIpc) is 2.49. The van der Waals surface area contributed by atoms with Crippen LogP contribution >= 0.6 is 0 Å². The molecule has 0 aliphatic carbocycles. The van der Waals surface area contributed by atoms with Crippen molar-refractivity contribution < 1.29 is 9.53 Å². The molecular formula is C16H33N3O2. The van der Waals surface area contributed by atoms with Crippen molar-refractivity contribution in [3.63, 3.8) is 0 Å². The molecule has 1 aliphatic rings. The lowest BCUT2D eigenvalue weighted by Gasteiger charge is -2.36. The van der Waals surface area contributed by atoms with Crippen LogP contribution in [0.2, 0.25) is 0 Å². The summed E-state index contributed by atoms with van der Waals surface area (Å²) < 4.78 is 5.00. The molecule has 1 amide bonds. The zero-order valence-corrected chi connectivity index (χ0v) is 14.2. The van der Waals surface area contributed by atoms with E-state index in [1.807, 2.05) is 6.92 Å². The fourth-order valence-electron chi connectivity index (χ4n) is 2.88. The molecule has 0 aromatic carbocycles. The number of hydrogen-bond donors (Lipinski definition) is 2. The van der Waals surface area contributed by atoms with Crippen molar-refractivity contribution in [3.05, 3.63) is 0 Å². The van der Waals surface area contributed by atoms with E-state index in [0.29, 0.717) is 25.2 Å². The first-order chi connectivity index (χ1) is 10.1. The Morgan fingerprint density at radius 2 is 2.14 bits per heavy atom. The Hall–Kier alpha value is -0.650. The number of ether oxygens (including phenoxy) is 1. The van der Waals surface area contributed by atoms with Crippen LogP contribution in [0.15, 0.2) is 0 Å². The average molecular weight is 299 g/mol. The maximum absolute atomic E-state index is 12.3. The number of amides is 1. The molecular weight excluding hydrogens is 266 g/mol. The lowest BCUT2D eigenvalue weighted by atomic mass is 10.0. The van der Waals surface area contributed by atoms with Gasteiger partial charge in [-0.05, 0) is 46.6 Å². The van der Waals surface area contributed by atoms with Gasteiger partial charge in [-0.3, -0.25) is 9.69 Å². The van der Waals surface area contributed by atoms with E-state index in [2.05, 4.69) is 29.4 Å². The third-order valence-electron chi connectivity index (χ3n) is 4.21. The smallest absolute Gasteiger partial charge is 0.237 e. The number of methoxy groups -OCH3 is 1. The van der Waals surface area contributed by atoms with Crippen LogP contribution in [-0.4, -0.2) is 62.3 Å². The van der Waals surface area contributed by atoms with Gasteiger partial charge in [-0.15, -0.1) is 0 Å². The van der Waals surface area contributed by atoms with E-state index in [0.717, 1.165) is 19.5 Å². The molecule has 0 spiro atoms. The standard InChI is InChI=1S/C16H33N3O2/c1-13(2)19(12-15-8-5-6-9-17-15)14(3)16(20)18-10-7-11-21-4/h13-15,17H,5-12H2,1-4H3,(H,18,20). The highest BCUT2D eigenvalue weighted by Crippen LogP contribution is 2.13. The van der Waals surface area contributed by atoms with Crippen LogP contribution in [0.3, 0.4) is 0 Å². The van der Waals surface area contributed by atoms with E-state index < -0.39 is 0 Å². The SMILES string of the molecule is COCCCNC(=O)C(C)N(CC1CCCCN1)C(C)C. The molecule has 2 atom stereocenters. The molecule has 1 fully saturated rings. The molecule has 5 nitrogen and oxygen atoms in total. The van der Waals surface area contributed by atoms with Gasteiger partial charge in [0.15, 0.2) is 0 Å². The number of piperidine rings is 1. The van der Waals surface area contributed by atoms with Crippen LogP contribution in [0.4, 0.5) is 0 Å². The maximum Gasteiger partial charge on any atom is 0.237 e. The Morgan fingerprint density at radius 3 is 2.71 bits per heavy atom. The first kappa shape index (κ1) is 18.4. The monoisotopic (exact) mass is 299 g/mol. The fraction of sp³-hybridized carbons (Fsp3) is 0.938. The second kappa shape index (κ2) is 10.1. The lowest BCUT2D eigenvalue weighted by molar-refractivity contribution is -0.126. The summed E-state index contributed by atoms with van der Waals surface area (Å²) in [5, 5.41) is 6.58. The summed E-state index contributed by atoms with van der Waals surface area (Å²) in [5.41, 5.74) is 0. The molecule has 0 aromatic heterocycles. The molecule has 2 N–H and O–H groups in total. The molecule has 21 heavy (non-hydrogen) atoms. The van der Waals surface area contributed by atoms with Gasteiger partial charge in [-0.1, -0.05) is 6.42 Å². The first-order valence-electron chi connectivity index (χ1n) is 8.32. The van der Waals surface area contributed by atoms with Crippen molar-refractivity contribution >= 4 is 5.91 Å². The van der Waals surface area contributed by atoms with Gasteiger partial charge < -0.3 is 15.4 Å². The van der Waals surface area contributed by atoms with Crippen LogP contribution in [0, 0.1) is 0 Å². The third-order valence-corrected chi connectivity index (χ3v) is 4.21. The van der Waals surface area contributed by atoms with Gasteiger partial charge in [0.1, 0.15) is 0 Å². The molecule has 124 valence electrons. The zero-order chi connectivity index (χ0) is 15.7. The van der Waals surface area contributed by atoms with Crippen molar-refractivity contribution in [2.24, 2.45) is 0 Å². The first-order valence-corrected chi connectivity index (χ1v) is 8.32. The van der Waals surface area contributed by atoms with Crippen molar-refractivity contribution in [3.8, 4) is 0 Å². The highest BCUT2D eigenvalue weighted by molar-refractivity contribution is 5.81. The summed E-state index contributed by atoms with van der Waals surface area (Å²) >= 11 is 0. The highest BCUT2D eigenvalue weighted by atomic mass is 16.5. The Balaban J connectivity index is 2.43. The maximum atomic E-state index is 12.3. The van der Waals surface area contributed by atoms with Gasteiger partial charge in [0.2, 0.25) is 5.91 Å². The van der Waals surface area contributed by atoms with Gasteiger partial charge in [0.25, 0.3) is 0 Å². The molecule has 0 aromatic rings. The summed E-state index contributed by atoms with van der Waals surface area (Å²) in [7, 11) is 1.68. The Morgan fingerprint density at radius 1 is 1.38 bits per heavy atom. The number of nitrogens with one attached hydrogen (secondary N) is 2. The van der Waals surface area contributed by atoms with Crippen LogP contribution in [0.5, 0.6) is 0 Å². The van der Waals surface area contributed by atoms with Crippen LogP contribution in [0.1, 0.15) is 46.5 Å². The Bertz CT molecular complexity index is 291. The minimum atomic E-state index is -0.0868. The third kappa shape index (κ3) is 6.76. The minimum absolute atomic E-state index is 0.0868. The highest BCUT2D eigenvalue weighted by Gasteiger charge is 2.26. The predicted molar refractivity (Wildman–Crippen MR) is 86.4 cm³/mol. The second-order valence-electron chi connectivity index (χ2n) is 6.25. The number of carbonyl (C=O) groups excluding carboxylic acids is 1. The molecule has 2 unspecified atom stereocenters. The molecule has 1 rings (SSSR count). The molecule has 0 bridgehead atoms. The van der Waals surface area contributed by atoms with Crippen LogP contribution in [-0.2, 0) is 9.53 Å². The van der Waals surface area contributed by atoms with Crippen molar-refractivity contribution in [1.29, 1.82) is 0 Å². The molecule has 0 saturated carbocycles. The van der Waals surface area contributed by atoms with Gasteiger partial charge in [0, 0.05) is 38.9 Å². The van der Waals surface area contributed by atoms with Crippen molar-refractivity contribution in [2.45, 2.75) is 64.6 Å². The van der Waals surface area contributed by atoms with Crippen LogP contribution < -0.4 is 10.6 Å². The summed E-state index contributed by atoms with van der Waals surface area (Å²) in [6.07, 6.45) is 4.64. The summed E-state index contributed by atoms with van der Waals surface area (Å²) in [6.45, 7) is 9.77. The van der Waals surface area contributed by atoms with E-state index >= 15 is 0 Å². The summed E-state index contributed by atoms with van der Waals surface area (Å²) in [5.74, 6) is 0.121. The lowest BCUT2D eigenvalue weighted by Crippen LogP contribution is -2.53. The van der Waals surface area contributed by atoms with Crippen molar-refractivity contribution in [1.82, 2.24) is 15.5 Å². The van der Waals surface area contributed by atoms with E-state index in [-0.39, 0.29) is 11.9 Å². The van der Waals surface area contributed by atoms with Gasteiger partial charge in [-0.2, -0.15) is 0 Å². The molecule has 1 aliphatic heterocycles. The predicted octanol–water partition coefficient (Wildman–Crippen LogP) is 1.38. The number of rotatable bonds is 9. The van der Waals surface area contributed by atoms with Gasteiger partial charge in [-0.25, -0.2) is 0 Å². The summed E-state index contributed by atoms with van der Waals surface area (Å²) in [4.78, 5) is 14.6. The largest absolute Gasteiger partial charge is 0.385 e. The molecule has 1 heterocycles. The second-order valence-corrected chi connectivity index (χ2v) is 6.25. The Kier molecular flexibility index (Phi) is 8.88. The van der Waals surface area contributed by atoms with E-state index in [1.165, 1.54) is 19.3 Å². The summed E-state index contributed by atoms with van der Waals surface area (Å²) in [6, 6.07) is 0.801. The van der Waals surface area contributed by atoms with E-state index in [1.54, 1.807) is 7.11 Å². The normalized spacial score (nSPS) is 20.8. The van der Waals surface area contributed by atoms with E-state index in [4.69, 9.17) is 4.74 Å². The van der Waals surface area contributed by atoms with Gasteiger partial charge in [0.05, 0.1) is 6.04 Å². The molecule has 1 saturated heterocycles. The number of carbonyl (C=O) groups is 1. The minimum Gasteiger partial charge on any atom is -0.385 e. The fourth-order valence-corrected chi connectivity index (χ4v) is 2.88. The van der Waals surface area contributed by atoms with Gasteiger partial charge >= 0.3 is 0 Å². The van der Waals surface area contributed by atoms with Crippen LogP contribution in [0.25, 0.3) is 0 Å².